The molecule has 19 heavy (non-hydrogen) atoms. The Balaban J connectivity index is 0.00000180. The predicted octanol–water partition coefficient (Wildman–Crippen LogP) is 1.75. The molecule has 1 atom stereocenters. The van der Waals surface area contributed by atoms with Gasteiger partial charge in [-0.1, -0.05) is 24.3 Å². The number of rotatable bonds is 5. The summed E-state index contributed by atoms with van der Waals surface area (Å²) in [5.74, 6) is 1.13. The molecule has 0 saturated heterocycles. The maximum absolute atomic E-state index is 11.1. The van der Waals surface area contributed by atoms with Crippen LogP contribution >= 0.6 is 24.0 Å². The normalized spacial score (nSPS) is 16.6. The second kappa shape index (κ2) is 7.84. The van der Waals surface area contributed by atoms with Gasteiger partial charge in [-0.25, -0.2) is 4.99 Å². The lowest BCUT2D eigenvalue weighted by Gasteiger charge is -2.04. The van der Waals surface area contributed by atoms with E-state index in [1.165, 1.54) is 12.8 Å². The van der Waals surface area contributed by atoms with Crippen LogP contribution in [0.1, 0.15) is 24.0 Å². The van der Waals surface area contributed by atoms with Crippen LogP contribution in [0.5, 0.6) is 0 Å². The summed E-state index contributed by atoms with van der Waals surface area (Å²) >= 11 is 0. The van der Waals surface area contributed by atoms with Crippen LogP contribution in [-0.2, 0) is 23.1 Å². The van der Waals surface area contributed by atoms with Crippen molar-refractivity contribution >= 4 is 40.7 Å². The van der Waals surface area contributed by atoms with Crippen LogP contribution in [-0.4, -0.2) is 22.5 Å². The Morgan fingerprint density at radius 1 is 1.37 bits per heavy atom. The van der Waals surface area contributed by atoms with Gasteiger partial charge < -0.3 is 11.1 Å². The van der Waals surface area contributed by atoms with Crippen LogP contribution in [0.15, 0.2) is 29.3 Å². The first-order chi connectivity index (χ1) is 8.63. The van der Waals surface area contributed by atoms with E-state index in [9.17, 15) is 4.21 Å². The summed E-state index contributed by atoms with van der Waals surface area (Å²) in [6.07, 6.45) is 4.10. The molecule has 1 fully saturated rings. The van der Waals surface area contributed by atoms with Gasteiger partial charge in [-0.05, 0) is 24.0 Å². The number of hydrogen-bond donors (Lipinski definition) is 2. The number of hydrogen-bond acceptors (Lipinski definition) is 2. The monoisotopic (exact) mass is 393 g/mol. The maximum atomic E-state index is 11.1. The smallest absolute Gasteiger partial charge is 0.189 e. The fourth-order valence-corrected chi connectivity index (χ4v) is 2.30. The minimum atomic E-state index is -0.792. The summed E-state index contributed by atoms with van der Waals surface area (Å²) in [6.45, 7) is 0.584. The van der Waals surface area contributed by atoms with E-state index in [1.807, 2.05) is 24.3 Å². The molecular weight excluding hydrogens is 373 g/mol. The molecule has 1 saturated carbocycles. The summed E-state index contributed by atoms with van der Waals surface area (Å²) in [4.78, 5) is 4.29. The number of nitrogens with zero attached hydrogens (tertiary/aromatic N) is 1. The minimum Gasteiger partial charge on any atom is -0.370 e. The van der Waals surface area contributed by atoms with Gasteiger partial charge in [0.05, 0.1) is 6.54 Å². The van der Waals surface area contributed by atoms with Crippen LogP contribution in [0.4, 0.5) is 0 Å². The van der Waals surface area contributed by atoms with Gasteiger partial charge in [0, 0.05) is 28.9 Å². The third kappa shape index (κ3) is 6.38. The van der Waals surface area contributed by atoms with E-state index in [0.29, 0.717) is 24.3 Å². The molecule has 1 aliphatic rings. The Morgan fingerprint density at radius 2 is 1.95 bits per heavy atom. The van der Waals surface area contributed by atoms with Crippen LogP contribution in [0.3, 0.4) is 0 Å². The molecule has 0 aliphatic heterocycles. The number of benzene rings is 1. The van der Waals surface area contributed by atoms with E-state index in [0.717, 1.165) is 11.1 Å². The van der Waals surface area contributed by atoms with Gasteiger partial charge in [-0.15, -0.1) is 24.0 Å². The quantitative estimate of drug-likeness (QED) is 0.455. The molecule has 0 heterocycles. The summed E-state index contributed by atoms with van der Waals surface area (Å²) in [5, 5.41) is 3.15. The molecule has 1 aromatic carbocycles. The van der Waals surface area contributed by atoms with Crippen molar-refractivity contribution in [3.63, 3.8) is 0 Å². The molecule has 6 heteroatoms. The molecule has 1 unspecified atom stereocenters. The average Bonchev–Trinajstić information content (AvgIpc) is 3.11. The van der Waals surface area contributed by atoms with Crippen molar-refractivity contribution in [3.05, 3.63) is 35.4 Å². The Hall–Kier alpha value is -0.630. The standard InChI is InChI=1S/C13H19N3OS.HI/c1-18(17)9-11-4-2-10(3-5-11)8-15-13(14)16-12-6-7-12;/h2-5,12H,6-9H2,1H3,(H3,14,15,16);1H. The molecule has 2 rings (SSSR count). The van der Waals surface area contributed by atoms with Crippen molar-refractivity contribution < 1.29 is 4.21 Å². The Bertz CT molecular complexity index is 457. The highest BCUT2D eigenvalue weighted by molar-refractivity contribution is 14.0. The Labute approximate surface area is 133 Å². The number of halogens is 1. The van der Waals surface area contributed by atoms with Gasteiger partial charge in [0.2, 0.25) is 0 Å². The van der Waals surface area contributed by atoms with Crippen LogP contribution in [0, 0.1) is 0 Å². The molecule has 0 bridgehead atoms. The molecule has 3 N–H and O–H groups in total. The predicted molar refractivity (Wildman–Crippen MR) is 91.1 cm³/mol. The summed E-state index contributed by atoms with van der Waals surface area (Å²) in [7, 11) is -0.792. The number of nitrogens with two attached hydrogens (primary N) is 1. The largest absolute Gasteiger partial charge is 0.370 e. The third-order valence-electron chi connectivity index (χ3n) is 2.75. The average molecular weight is 393 g/mol. The molecule has 0 amide bonds. The molecule has 106 valence electrons. The van der Waals surface area contributed by atoms with E-state index in [4.69, 9.17) is 5.73 Å². The SMILES string of the molecule is CS(=O)Cc1ccc(CN=C(N)NC2CC2)cc1.I. The van der Waals surface area contributed by atoms with Gasteiger partial charge in [-0.3, -0.25) is 4.21 Å². The lowest BCUT2D eigenvalue weighted by atomic mass is 10.1. The van der Waals surface area contributed by atoms with Crippen LogP contribution in [0.2, 0.25) is 0 Å². The van der Waals surface area contributed by atoms with Crippen molar-refractivity contribution in [2.24, 2.45) is 10.7 Å². The van der Waals surface area contributed by atoms with Crippen molar-refractivity contribution in [3.8, 4) is 0 Å². The molecule has 4 nitrogen and oxygen atoms in total. The van der Waals surface area contributed by atoms with E-state index < -0.39 is 10.8 Å². The van der Waals surface area contributed by atoms with E-state index in [1.54, 1.807) is 6.26 Å². The Kier molecular flexibility index (Phi) is 6.78. The zero-order chi connectivity index (χ0) is 13.0. The van der Waals surface area contributed by atoms with E-state index in [2.05, 4.69) is 10.3 Å². The van der Waals surface area contributed by atoms with Gasteiger partial charge in [0.1, 0.15) is 0 Å². The van der Waals surface area contributed by atoms with Gasteiger partial charge in [0.25, 0.3) is 0 Å². The van der Waals surface area contributed by atoms with Gasteiger partial charge >= 0.3 is 0 Å². The molecule has 0 aromatic heterocycles. The fourth-order valence-electron chi connectivity index (χ4n) is 1.63. The Morgan fingerprint density at radius 3 is 2.47 bits per heavy atom. The molecule has 1 aromatic rings. The second-order valence-corrected chi connectivity index (χ2v) is 6.09. The van der Waals surface area contributed by atoms with Crippen molar-refractivity contribution in [2.45, 2.75) is 31.2 Å². The fraction of sp³-hybridized carbons (Fsp3) is 0.462. The first-order valence-electron chi connectivity index (χ1n) is 6.08. The van der Waals surface area contributed by atoms with Crippen LogP contribution < -0.4 is 11.1 Å². The topological polar surface area (TPSA) is 67.5 Å². The highest BCUT2D eigenvalue weighted by atomic mass is 127. The zero-order valence-corrected chi connectivity index (χ0v) is 14.1. The molecular formula is C13H20IN3OS. The van der Waals surface area contributed by atoms with Crippen molar-refractivity contribution in [2.75, 3.05) is 6.26 Å². The lowest BCUT2D eigenvalue weighted by Crippen LogP contribution is -2.33. The third-order valence-corrected chi connectivity index (χ3v) is 3.49. The number of guanidine groups is 1. The zero-order valence-electron chi connectivity index (χ0n) is 11.0. The number of aliphatic imine (C=N–C) groups is 1. The molecule has 0 spiro atoms. The second-order valence-electron chi connectivity index (χ2n) is 4.65. The van der Waals surface area contributed by atoms with Gasteiger partial charge in [0.15, 0.2) is 5.96 Å². The van der Waals surface area contributed by atoms with Gasteiger partial charge in [-0.2, -0.15) is 0 Å². The van der Waals surface area contributed by atoms with Crippen molar-refractivity contribution in [1.29, 1.82) is 0 Å². The first-order valence-corrected chi connectivity index (χ1v) is 7.80. The van der Waals surface area contributed by atoms with E-state index in [-0.39, 0.29) is 24.0 Å². The maximum Gasteiger partial charge on any atom is 0.189 e. The molecule has 1 aliphatic carbocycles. The summed E-state index contributed by atoms with van der Waals surface area (Å²) < 4.78 is 11.1. The highest BCUT2D eigenvalue weighted by Crippen LogP contribution is 2.18. The van der Waals surface area contributed by atoms with E-state index >= 15 is 0 Å². The summed E-state index contributed by atoms with van der Waals surface area (Å²) in [5.41, 5.74) is 7.96. The van der Waals surface area contributed by atoms with Crippen molar-refractivity contribution in [1.82, 2.24) is 5.32 Å². The minimum absolute atomic E-state index is 0. The number of nitrogens with one attached hydrogen (secondary N) is 1. The molecule has 0 radical (unpaired) electrons. The summed E-state index contributed by atoms with van der Waals surface area (Å²) in [6, 6.07) is 8.55. The highest BCUT2D eigenvalue weighted by Gasteiger charge is 2.21. The lowest BCUT2D eigenvalue weighted by molar-refractivity contribution is 0.686. The van der Waals surface area contributed by atoms with Crippen LogP contribution in [0.25, 0.3) is 0 Å². The first kappa shape index (κ1) is 16.4.